The first-order chi connectivity index (χ1) is 14.2. The van der Waals surface area contributed by atoms with Gasteiger partial charge in [-0.05, 0) is 67.1 Å². The molecule has 0 saturated heterocycles. The zero-order valence-electron chi connectivity index (χ0n) is 18.6. The Bertz CT molecular complexity index is 940. The van der Waals surface area contributed by atoms with Gasteiger partial charge in [0.2, 0.25) is 0 Å². The molecule has 2 aromatic rings. The van der Waals surface area contributed by atoms with Crippen molar-refractivity contribution in [2.45, 2.75) is 90.1 Å². The van der Waals surface area contributed by atoms with E-state index < -0.39 is 0 Å². The molecule has 1 atom stereocenters. The number of hydrogen-bond donors (Lipinski definition) is 1. The van der Waals surface area contributed by atoms with E-state index in [4.69, 9.17) is 4.74 Å². The van der Waals surface area contributed by atoms with Crippen molar-refractivity contribution in [1.29, 1.82) is 0 Å². The number of esters is 1. The minimum atomic E-state index is -0.312. The number of fused-ring (bicyclic) bond motifs is 1. The third kappa shape index (κ3) is 4.10. The summed E-state index contributed by atoms with van der Waals surface area (Å²) in [4.78, 5) is 29.0. The molecule has 0 aliphatic heterocycles. The van der Waals surface area contributed by atoms with E-state index in [1.54, 1.807) is 0 Å². The van der Waals surface area contributed by atoms with E-state index >= 15 is 0 Å². The molecule has 4 nitrogen and oxygen atoms in total. The van der Waals surface area contributed by atoms with Crippen LogP contribution < -0.4 is 0 Å². The third-order valence-corrected chi connectivity index (χ3v) is 6.77. The predicted octanol–water partition coefficient (Wildman–Crippen LogP) is 6.02. The first kappa shape index (κ1) is 20.9. The molecular weight excluding hydrogens is 374 g/mol. The quantitative estimate of drug-likeness (QED) is 0.633. The Labute approximate surface area is 179 Å². The van der Waals surface area contributed by atoms with Crippen molar-refractivity contribution in [2.75, 3.05) is 0 Å². The Kier molecular flexibility index (Phi) is 5.61. The summed E-state index contributed by atoms with van der Waals surface area (Å²) in [7, 11) is 0. The van der Waals surface area contributed by atoms with E-state index in [9.17, 15) is 9.59 Å². The summed E-state index contributed by atoms with van der Waals surface area (Å²) in [5, 5.41) is 0. The predicted molar refractivity (Wildman–Crippen MR) is 118 cm³/mol. The van der Waals surface area contributed by atoms with Crippen molar-refractivity contribution in [3.05, 3.63) is 57.9 Å². The number of nitrogens with one attached hydrogen (secondary N) is 1. The van der Waals surface area contributed by atoms with Crippen LogP contribution in [-0.4, -0.2) is 22.8 Å². The van der Waals surface area contributed by atoms with Gasteiger partial charge in [0.05, 0.1) is 0 Å². The van der Waals surface area contributed by atoms with Crippen LogP contribution in [0.15, 0.2) is 24.3 Å². The summed E-state index contributed by atoms with van der Waals surface area (Å²) in [6.45, 7) is 8.47. The minimum Gasteiger partial charge on any atom is -0.458 e. The SMILES string of the molecule is Cc1c(C(=O)OC2CCCCC2)[nH]c2c1C(=O)C[C@@H](c1ccc(C(C)(C)C)cc1)C2. The van der Waals surface area contributed by atoms with Crippen LogP contribution in [0.1, 0.15) is 108 Å². The number of benzene rings is 1. The van der Waals surface area contributed by atoms with Crippen LogP contribution in [0.4, 0.5) is 0 Å². The molecule has 2 aliphatic rings. The largest absolute Gasteiger partial charge is 0.458 e. The summed E-state index contributed by atoms with van der Waals surface area (Å²) < 4.78 is 5.75. The highest BCUT2D eigenvalue weighted by Crippen LogP contribution is 2.36. The molecule has 0 amide bonds. The summed E-state index contributed by atoms with van der Waals surface area (Å²) in [6.07, 6.45) is 6.57. The molecule has 1 aromatic carbocycles. The van der Waals surface area contributed by atoms with Crippen LogP contribution >= 0.6 is 0 Å². The fraction of sp³-hybridized carbons (Fsp3) is 0.538. The molecule has 0 radical (unpaired) electrons. The fourth-order valence-electron chi connectivity index (χ4n) is 4.92. The molecule has 30 heavy (non-hydrogen) atoms. The molecule has 0 spiro atoms. The Balaban J connectivity index is 1.54. The van der Waals surface area contributed by atoms with Gasteiger partial charge in [0, 0.05) is 17.7 Å². The van der Waals surface area contributed by atoms with Gasteiger partial charge >= 0.3 is 5.97 Å². The maximum absolute atomic E-state index is 13.0. The average Bonchev–Trinajstić information content (AvgIpc) is 3.05. The molecular formula is C26H33NO3. The fourth-order valence-corrected chi connectivity index (χ4v) is 4.92. The highest BCUT2D eigenvalue weighted by molar-refractivity contribution is 6.03. The molecule has 2 aliphatic carbocycles. The van der Waals surface area contributed by atoms with Gasteiger partial charge in [-0.15, -0.1) is 0 Å². The second kappa shape index (κ2) is 8.05. The zero-order valence-corrected chi connectivity index (χ0v) is 18.6. The number of carbonyl (C=O) groups excluding carboxylic acids is 2. The number of ether oxygens (including phenoxy) is 1. The van der Waals surface area contributed by atoms with Gasteiger partial charge in [-0.2, -0.15) is 0 Å². The van der Waals surface area contributed by atoms with Crippen LogP contribution in [0.2, 0.25) is 0 Å². The number of aromatic amines is 1. The van der Waals surface area contributed by atoms with Gasteiger partial charge in [0.1, 0.15) is 11.8 Å². The molecule has 160 valence electrons. The Morgan fingerprint density at radius 1 is 1.03 bits per heavy atom. The van der Waals surface area contributed by atoms with E-state index in [0.29, 0.717) is 17.7 Å². The minimum absolute atomic E-state index is 0.00996. The Morgan fingerprint density at radius 3 is 2.33 bits per heavy atom. The molecule has 1 fully saturated rings. The number of rotatable bonds is 3. The van der Waals surface area contributed by atoms with Crippen molar-refractivity contribution in [3.63, 3.8) is 0 Å². The molecule has 0 unspecified atom stereocenters. The summed E-state index contributed by atoms with van der Waals surface area (Å²) in [5.74, 6) is -0.0569. The summed E-state index contributed by atoms with van der Waals surface area (Å²) >= 11 is 0. The van der Waals surface area contributed by atoms with Gasteiger partial charge in [-0.1, -0.05) is 51.5 Å². The monoisotopic (exact) mass is 407 g/mol. The lowest BCUT2D eigenvalue weighted by atomic mass is 9.80. The Morgan fingerprint density at radius 2 is 1.70 bits per heavy atom. The normalized spacial score (nSPS) is 20.1. The zero-order chi connectivity index (χ0) is 21.5. The third-order valence-electron chi connectivity index (χ3n) is 6.77. The number of hydrogen-bond acceptors (Lipinski definition) is 3. The van der Waals surface area contributed by atoms with Gasteiger partial charge < -0.3 is 9.72 Å². The molecule has 1 saturated carbocycles. The highest BCUT2D eigenvalue weighted by Gasteiger charge is 2.33. The standard InChI is InChI=1S/C26H33NO3/c1-16-23-21(27-24(16)25(29)30-20-8-6-5-7-9-20)14-18(15-22(23)28)17-10-12-19(13-11-17)26(2,3)4/h10-13,18,20,27H,5-9,14-15H2,1-4H3/t18-/m0/s1. The number of H-pyrrole nitrogens is 1. The van der Waals surface area contributed by atoms with Gasteiger partial charge in [-0.3, -0.25) is 4.79 Å². The van der Waals surface area contributed by atoms with Crippen molar-refractivity contribution >= 4 is 11.8 Å². The molecule has 1 aromatic heterocycles. The van der Waals surface area contributed by atoms with Crippen LogP contribution in [0, 0.1) is 6.92 Å². The second-order valence-electron chi connectivity index (χ2n) is 10.0. The van der Waals surface area contributed by atoms with Crippen LogP contribution in [0.5, 0.6) is 0 Å². The number of carbonyl (C=O) groups is 2. The topological polar surface area (TPSA) is 59.2 Å². The van der Waals surface area contributed by atoms with Crippen molar-refractivity contribution < 1.29 is 14.3 Å². The highest BCUT2D eigenvalue weighted by atomic mass is 16.5. The second-order valence-corrected chi connectivity index (χ2v) is 10.0. The Hall–Kier alpha value is -2.36. The van der Waals surface area contributed by atoms with E-state index in [-0.39, 0.29) is 29.2 Å². The van der Waals surface area contributed by atoms with Gasteiger partial charge in [0.25, 0.3) is 0 Å². The molecule has 4 heteroatoms. The maximum atomic E-state index is 13.0. The van der Waals surface area contributed by atoms with E-state index in [0.717, 1.165) is 43.4 Å². The van der Waals surface area contributed by atoms with Crippen LogP contribution in [0.3, 0.4) is 0 Å². The molecule has 1 N–H and O–H groups in total. The van der Waals surface area contributed by atoms with E-state index in [1.165, 1.54) is 17.5 Å². The first-order valence-electron chi connectivity index (χ1n) is 11.3. The average molecular weight is 408 g/mol. The lowest BCUT2D eigenvalue weighted by Crippen LogP contribution is -2.21. The summed E-state index contributed by atoms with van der Waals surface area (Å²) in [6, 6.07) is 8.64. The van der Waals surface area contributed by atoms with E-state index in [2.05, 4.69) is 50.0 Å². The first-order valence-corrected chi connectivity index (χ1v) is 11.3. The lowest BCUT2D eigenvalue weighted by molar-refractivity contribution is 0.0204. The van der Waals surface area contributed by atoms with Crippen LogP contribution in [0.25, 0.3) is 0 Å². The van der Waals surface area contributed by atoms with Gasteiger partial charge in [0.15, 0.2) is 5.78 Å². The number of aromatic nitrogens is 1. The molecule has 0 bridgehead atoms. The van der Waals surface area contributed by atoms with Crippen molar-refractivity contribution in [3.8, 4) is 0 Å². The summed E-state index contributed by atoms with van der Waals surface area (Å²) in [5.41, 5.74) is 5.37. The number of Topliss-reactive ketones (excluding diaryl/α,β-unsaturated/α-hetero) is 1. The maximum Gasteiger partial charge on any atom is 0.355 e. The van der Waals surface area contributed by atoms with Gasteiger partial charge in [-0.25, -0.2) is 4.79 Å². The lowest BCUT2D eigenvalue weighted by Gasteiger charge is -2.24. The molecule has 1 heterocycles. The van der Waals surface area contributed by atoms with E-state index in [1.807, 2.05) is 6.92 Å². The molecule has 4 rings (SSSR count). The van der Waals surface area contributed by atoms with Crippen molar-refractivity contribution in [1.82, 2.24) is 4.98 Å². The van der Waals surface area contributed by atoms with Crippen LogP contribution in [-0.2, 0) is 16.6 Å². The number of ketones is 1. The smallest absolute Gasteiger partial charge is 0.355 e. The van der Waals surface area contributed by atoms with Crippen molar-refractivity contribution in [2.24, 2.45) is 0 Å².